The van der Waals surface area contributed by atoms with Crippen molar-refractivity contribution in [2.24, 2.45) is 0 Å². The van der Waals surface area contributed by atoms with Gasteiger partial charge in [-0.1, -0.05) is 0 Å². The van der Waals surface area contributed by atoms with Gasteiger partial charge in [0.25, 0.3) is 0 Å². The van der Waals surface area contributed by atoms with E-state index in [1.54, 1.807) is 11.9 Å². The third-order valence-electron chi connectivity index (χ3n) is 2.51. The molecule has 1 aliphatic rings. The molecule has 0 bridgehead atoms. The maximum Gasteiger partial charge on any atom is 0.158 e. The second-order valence-electron chi connectivity index (χ2n) is 3.60. The maximum atomic E-state index is 4.95. The molecule has 1 aromatic heterocycles. The van der Waals surface area contributed by atoms with Crippen LogP contribution in [0.2, 0.25) is 0 Å². The van der Waals surface area contributed by atoms with Gasteiger partial charge in [0.15, 0.2) is 6.73 Å². The van der Waals surface area contributed by atoms with Crippen LogP contribution in [0, 0.1) is 0 Å². The molecule has 0 radical (unpaired) electrons. The van der Waals surface area contributed by atoms with E-state index >= 15 is 0 Å². The van der Waals surface area contributed by atoms with Gasteiger partial charge in [0.2, 0.25) is 0 Å². The Hall–Kier alpha value is -0.940. The Labute approximate surface area is 83.4 Å². The number of methoxy groups -OCH3 is 1. The zero-order chi connectivity index (χ0) is 9.80. The summed E-state index contributed by atoms with van der Waals surface area (Å²) >= 11 is 0. The quantitative estimate of drug-likeness (QED) is 0.758. The number of hydrogen-bond donors (Lipinski definition) is 1. The first-order valence-electron chi connectivity index (χ1n) is 5.00. The topological polar surface area (TPSA) is 52.0 Å². The molecule has 1 atom stereocenters. The molecule has 0 spiro atoms. The van der Waals surface area contributed by atoms with Crippen LogP contribution in [-0.2, 0) is 11.5 Å². The lowest BCUT2D eigenvalue weighted by Crippen LogP contribution is -2.28. The van der Waals surface area contributed by atoms with Gasteiger partial charge in [0.05, 0.1) is 11.9 Å². The lowest BCUT2D eigenvalue weighted by Gasteiger charge is -2.20. The van der Waals surface area contributed by atoms with E-state index in [1.165, 1.54) is 12.8 Å². The van der Waals surface area contributed by atoms with Gasteiger partial charge in [-0.15, -0.1) is 0 Å². The third-order valence-corrected chi connectivity index (χ3v) is 2.51. The van der Waals surface area contributed by atoms with Gasteiger partial charge < -0.3 is 10.1 Å². The Morgan fingerprint density at radius 2 is 2.64 bits per heavy atom. The first kappa shape index (κ1) is 9.61. The summed E-state index contributed by atoms with van der Waals surface area (Å²) in [5.41, 5.74) is 1.08. The molecule has 2 heterocycles. The second-order valence-corrected chi connectivity index (χ2v) is 3.60. The van der Waals surface area contributed by atoms with Gasteiger partial charge in [0.1, 0.15) is 0 Å². The van der Waals surface area contributed by atoms with Crippen LogP contribution in [0.4, 0.5) is 0 Å². The van der Waals surface area contributed by atoms with Crippen LogP contribution in [0.1, 0.15) is 24.5 Å². The van der Waals surface area contributed by atoms with E-state index < -0.39 is 0 Å². The van der Waals surface area contributed by atoms with E-state index in [0.29, 0.717) is 12.6 Å². The molecule has 5 heteroatoms. The molecule has 1 N–H and O–H groups in total. The molecule has 0 amide bonds. The average Bonchev–Trinajstić information content (AvgIpc) is 2.68. The van der Waals surface area contributed by atoms with Crippen LogP contribution in [-0.4, -0.2) is 35.2 Å². The number of piperidine rings is 1. The highest BCUT2D eigenvalue weighted by atomic mass is 16.5. The van der Waals surface area contributed by atoms with Crippen LogP contribution in [0.5, 0.6) is 0 Å². The normalized spacial score (nSPS) is 22.5. The van der Waals surface area contributed by atoms with Gasteiger partial charge in [-0.25, -0.2) is 0 Å². The minimum atomic E-state index is 0.431. The van der Waals surface area contributed by atoms with Crippen LogP contribution < -0.4 is 5.32 Å². The van der Waals surface area contributed by atoms with Gasteiger partial charge >= 0.3 is 0 Å². The average molecular weight is 196 g/mol. The molecule has 78 valence electrons. The number of nitrogens with zero attached hydrogens (tertiary/aromatic N) is 3. The monoisotopic (exact) mass is 196 g/mol. The fourth-order valence-corrected chi connectivity index (χ4v) is 1.78. The molecule has 1 aromatic rings. The second kappa shape index (κ2) is 4.52. The van der Waals surface area contributed by atoms with Gasteiger partial charge in [-0.05, 0) is 19.4 Å². The molecule has 14 heavy (non-hydrogen) atoms. The highest BCUT2D eigenvalue weighted by molar-refractivity contribution is 5.03. The number of aromatic nitrogens is 3. The molecule has 0 aromatic carbocycles. The summed E-state index contributed by atoms with van der Waals surface area (Å²) in [6.45, 7) is 2.58. The van der Waals surface area contributed by atoms with E-state index in [2.05, 4.69) is 15.5 Å². The summed E-state index contributed by atoms with van der Waals surface area (Å²) in [6, 6.07) is 0. The molecular weight excluding hydrogens is 180 g/mol. The fourth-order valence-electron chi connectivity index (χ4n) is 1.78. The Bertz CT molecular complexity index is 280. The van der Waals surface area contributed by atoms with Crippen LogP contribution >= 0.6 is 0 Å². The Kier molecular flexibility index (Phi) is 3.10. The van der Waals surface area contributed by atoms with Crippen molar-refractivity contribution < 1.29 is 4.74 Å². The van der Waals surface area contributed by atoms with Crippen molar-refractivity contribution in [1.82, 2.24) is 20.3 Å². The van der Waals surface area contributed by atoms with E-state index in [-0.39, 0.29) is 0 Å². The van der Waals surface area contributed by atoms with Crippen molar-refractivity contribution in [3.05, 3.63) is 11.9 Å². The zero-order valence-corrected chi connectivity index (χ0v) is 8.44. The van der Waals surface area contributed by atoms with E-state index in [0.717, 1.165) is 18.8 Å². The molecule has 0 aliphatic carbocycles. The Balaban J connectivity index is 2.00. The lowest BCUT2D eigenvalue weighted by molar-refractivity contribution is 0.108. The number of nitrogens with one attached hydrogen (secondary N) is 1. The predicted molar refractivity (Wildman–Crippen MR) is 51.9 cm³/mol. The van der Waals surface area contributed by atoms with Crippen molar-refractivity contribution >= 4 is 0 Å². The molecule has 2 rings (SSSR count). The van der Waals surface area contributed by atoms with E-state index in [4.69, 9.17) is 4.74 Å². The first-order chi connectivity index (χ1) is 6.90. The zero-order valence-electron chi connectivity index (χ0n) is 8.44. The minimum Gasteiger partial charge on any atom is -0.361 e. The Morgan fingerprint density at radius 3 is 3.36 bits per heavy atom. The highest BCUT2D eigenvalue weighted by Gasteiger charge is 2.17. The summed E-state index contributed by atoms with van der Waals surface area (Å²) in [6.07, 6.45) is 4.27. The van der Waals surface area contributed by atoms with Crippen molar-refractivity contribution in [2.45, 2.75) is 25.5 Å². The van der Waals surface area contributed by atoms with Crippen molar-refractivity contribution in [2.75, 3.05) is 20.2 Å². The fraction of sp³-hybridized carbons (Fsp3) is 0.778. The van der Waals surface area contributed by atoms with Crippen molar-refractivity contribution in [3.63, 3.8) is 0 Å². The number of hydrogen-bond acceptors (Lipinski definition) is 4. The summed E-state index contributed by atoms with van der Waals surface area (Å²) in [5, 5.41) is 11.9. The minimum absolute atomic E-state index is 0.431. The van der Waals surface area contributed by atoms with Crippen LogP contribution in [0.25, 0.3) is 0 Å². The van der Waals surface area contributed by atoms with E-state index in [1.807, 2.05) is 6.20 Å². The van der Waals surface area contributed by atoms with Crippen LogP contribution in [0.3, 0.4) is 0 Å². The standard InChI is InChI=1S/C9H16N4O/c1-14-7-13-11-6-9(12-13)8-3-2-4-10-5-8/h6,8,10H,2-5,7H2,1H3. The molecule has 1 aliphatic heterocycles. The lowest BCUT2D eigenvalue weighted by atomic mass is 9.97. The Morgan fingerprint density at radius 1 is 1.71 bits per heavy atom. The van der Waals surface area contributed by atoms with E-state index in [9.17, 15) is 0 Å². The summed E-state index contributed by atoms with van der Waals surface area (Å²) in [7, 11) is 1.64. The van der Waals surface area contributed by atoms with Crippen molar-refractivity contribution in [1.29, 1.82) is 0 Å². The van der Waals surface area contributed by atoms with Crippen molar-refractivity contribution in [3.8, 4) is 0 Å². The summed E-state index contributed by atoms with van der Waals surface area (Å²) in [4.78, 5) is 1.59. The SMILES string of the molecule is COCn1ncc(C2CCCNC2)n1. The molecular formula is C9H16N4O. The summed E-state index contributed by atoms with van der Waals surface area (Å²) < 4.78 is 4.95. The largest absolute Gasteiger partial charge is 0.361 e. The van der Waals surface area contributed by atoms with Gasteiger partial charge in [-0.2, -0.15) is 15.0 Å². The molecule has 1 unspecified atom stereocenters. The summed E-state index contributed by atoms with van der Waals surface area (Å²) in [5.74, 6) is 0.523. The molecule has 0 saturated carbocycles. The molecule has 5 nitrogen and oxygen atoms in total. The smallest absolute Gasteiger partial charge is 0.158 e. The van der Waals surface area contributed by atoms with Gasteiger partial charge in [-0.3, -0.25) is 0 Å². The first-order valence-corrected chi connectivity index (χ1v) is 5.00. The predicted octanol–water partition coefficient (Wildman–Crippen LogP) is 0.349. The molecule has 1 fully saturated rings. The molecule has 1 saturated heterocycles. The van der Waals surface area contributed by atoms with Crippen LogP contribution in [0.15, 0.2) is 6.20 Å². The number of rotatable bonds is 3. The third kappa shape index (κ3) is 2.10. The van der Waals surface area contributed by atoms with Gasteiger partial charge in [0, 0.05) is 19.6 Å². The maximum absolute atomic E-state index is 4.95. The number of ether oxygens (including phenoxy) is 1. The highest BCUT2D eigenvalue weighted by Crippen LogP contribution is 2.20.